The molecule has 0 N–H and O–H groups in total. The van der Waals surface area contributed by atoms with Crippen LogP contribution >= 0.6 is 0 Å². The molecule has 2 rings (SSSR count). The molecule has 2 heteroatoms. The number of hydroxylamine groups is 3. The molecule has 0 saturated carbocycles. The Kier molecular flexibility index (Phi) is 0.746. The van der Waals surface area contributed by atoms with E-state index in [9.17, 15) is 5.21 Å². The fourth-order valence-corrected chi connectivity index (χ4v) is 1.93. The molecule has 46 valence electrons. The molecule has 2 nitrogen and oxygen atoms in total. The van der Waals surface area contributed by atoms with Crippen LogP contribution in [-0.2, 0) is 0 Å². The summed E-state index contributed by atoms with van der Waals surface area (Å²) >= 11 is 0. The lowest BCUT2D eigenvalue weighted by Gasteiger charge is -2.35. The predicted molar refractivity (Wildman–Crippen MR) is 31.0 cm³/mol. The van der Waals surface area contributed by atoms with Crippen LogP contribution in [0.15, 0.2) is 0 Å². The van der Waals surface area contributed by atoms with Crippen molar-refractivity contribution in [1.29, 1.82) is 0 Å². The Morgan fingerprint density at radius 2 is 1.88 bits per heavy atom. The van der Waals surface area contributed by atoms with Crippen LogP contribution in [0.1, 0.15) is 12.8 Å². The van der Waals surface area contributed by atoms with Gasteiger partial charge in [0.1, 0.15) is 0 Å². The van der Waals surface area contributed by atoms with Crippen molar-refractivity contribution in [2.45, 2.75) is 12.8 Å². The number of nitrogens with zero attached hydrogens (tertiary/aromatic N) is 1. The monoisotopic (exact) mass is 113 g/mol. The van der Waals surface area contributed by atoms with Crippen LogP contribution in [0, 0.1) is 11.1 Å². The second-order valence-electron chi connectivity index (χ2n) is 3.13. The Morgan fingerprint density at radius 3 is 2.00 bits per heavy atom. The van der Waals surface area contributed by atoms with Crippen LogP contribution in [0.5, 0.6) is 0 Å². The van der Waals surface area contributed by atoms with E-state index in [2.05, 4.69) is 0 Å². The summed E-state index contributed by atoms with van der Waals surface area (Å²) in [6.45, 7) is 2.75. The van der Waals surface area contributed by atoms with E-state index in [0.29, 0.717) is 0 Å². The van der Waals surface area contributed by atoms with Crippen molar-refractivity contribution in [3.8, 4) is 0 Å². The van der Waals surface area contributed by atoms with Crippen molar-refractivity contribution in [3.05, 3.63) is 5.21 Å². The third-order valence-electron chi connectivity index (χ3n) is 2.48. The molecule has 0 radical (unpaired) electrons. The first-order chi connectivity index (χ1) is 3.79. The highest BCUT2D eigenvalue weighted by atomic mass is 16.5. The molecule has 0 spiro atoms. The van der Waals surface area contributed by atoms with Gasteiger partial charge in [-0.2, -0.15) is 0 Å². The van der Waals surface area contributed by atoms with Gasteiger partial charge >= 0.3 is 0 Å². The summed E-state index contributed by atoms with van der Waals surface area (Å²) in [5.41, 5.74) is 0. The maximum atomic E-state index is 11.2. The van der Waals surface area contributed by atoms with Crippen LogP contribution in [0.25, 0.3) is 0 Å². The molecule has 0 atom stereocenters. The first kappa shape index (κ1) is 4.77. The topological polar surface area (TPSA) is 23.1 Å². The fourth-order valence-electron chi connectivity index (χ4n) is 1.93. The molecule has 0 aliphatic carbocycles. The summed E-state index contributed by atoms with van der Waals surface area (Å²) in [7, 11) is 0. The molecule has 8 heavy (non-hydrogen) atoms. The summed E-state index contributed by atoms with van der Waals surface area (Å²) in [6, 6.07) is 0. The molecule has 0 aromatic rings. The van der Waals surface area contributed by atoms with Gasteiger partial charge in [-0.15, -0.1) is 0 Å². The summed E-state index contributed by atoms with van der Waals surface area (Å²) in [5, 5.41) is 11.2. The predicted octanol–water partition coefficient (Wildman–Crippen LogP) is 0.725. The van der Waals surface area contributed by atoms with E-state index in [4.69, 9.17) is 0 Å². The molecular weight excluding hydrogens is 102 g/mol. The van der Waals surface area contributed by atoms with E-state index in [0.717, 1.165) is 25.6 Å². The minimum atomic E-state index is 0.144. The molecule has 2 bridgehead atoms. The van der Waals surface area contributed by atoms with Gasteiger partial charge in [-0.25, -0.2) is 0 Å². The minimum Gasteiger partial charge on any atom is -0.633 e. The van der Waals surface area contributed by atoms with Gasteiger partial charge in [-0.05, 0) is 0 Å². The summed E-state index contributed by atoms with van der Waals surface area (Å²) < 4.78 is 0.144. The van der Waals surface area contributed by atoms with Gasteiger partial charge in [-0.1, -0.05) is 0 Å². The van der Waals surface area contributed by atoms with Gasteiger partial charge in [0.15, 0.2) is 0 Å². The second-order valence-corrected chi connectivity index (χ2v) is 3.13. The Bertz CT molecular complexity index is 105. The summed E-state index contributed by atoms with van der Waals surface area (Å²) in [5.74, 6) is 0.799. The smallest absolute Gasteiger partial charge is 0.0816 e. The van der Waals surface area contributed by atoms with Crippen molar-refractivity contribution in [1.82, 2.24) is 0 Å². The van der Waals surface area contributed by atoms with Gasteiger partial charge in [0.25, 0.3) is 0 Å². The van der Waals surface area contributed by atoms with Crippen LogP contribution in [-0.4, -0.2) is 24.3 Å². The van der Waals surface area contributed by atoms with Gasteiger partial charge < -0.3 is 9.85 Å². The molecule has 2 fully saturated rings. The summed E-state index contributed by atoms with van der Waals surface area (Å²) in [4.78, 5) is 0. The quantitative estimate of drug-likeness (QED) is 0.335. The van der Waals surface area contributed by atoms with E-state index in [-0.39, 0.29) is 4.65 Å². The lowest BCUT2D eigenvalue weighted by Crippen LogP contribution is -2.36. The number of rotatable bonds is 0. The standard InChI is InChI=1S/C6H11NO/c8-7-3-1-6(5-7)2-4-7/h6H,1-5H2. The highest BCUT2D eigenvalue weighted by molar-refractivity contribution is 4.73. The lowest BCUT2D eigenvalue weighted by atomic mass is 10.1. The van der Waals surface area contributed by atoms with Crippen molar-refractivity contribution < 1.29 is 4.65 Å². The van der Waals surface area contributed by atoms with Crippen molar-refractivity contribution >= 4 is 0 Å². The van der Waals surface area contributed by atoms with Crippen molar-refractivity contribution in [3.63, 3.8) is 0 Å². The van der Waals surface area contributed by atoms with Gasteiger partial charge in [0, 0.05) is 18.8 Å². The van der Waals surface area contributed by atoms with Crippen LogP contribution < -0.4 is 0 Å². The average molecular weight is 113 g/mol. The fraction of sp³-hybridized carbons (Fsp3) is 1.00. The van der Waals surface area contributed by atoms with Crippen LogP contribution in [0.3, 0.4) is 0 Å². The summed E-state index contributed by atoms with van der Waals surface area (Å²) in [6.07, 6.45) is 2.40. The number of fused-ring (bicyclic) bond motifs is 2. The SMILES string of the molecule is [O-][N+]12CCC(CC1)C2. The zero-order valence-corrected chi connectivity index (χ0v) is 4.97. The molecule has 2 heterocycles. The van der Waals surface area contributed by atoms with E-state index in [1.807, 2.05) is 0 Å². The molecule has 0 amide bonds. The Morgan fingerprint density at radius 1 is 1.25 bits per heavy atom. The Labute approximate surface area is 49.3 Å². The number of hydrogen-bond acceptors (Lipinski definition) is 1. The van der Waals surface area contributed by atoms with Crippen molar-refractivity contribution in [2.75, 3.05) is 19.6 Å². The van der Waals surface area contributed by atoms with Gasteiger partial charge in [-0.3, -0.25) is 0 Å². The van der Waals surface area contributed by atoms with Crippen LogP contribution in [0.4, 0.5) is 0 Å². The molecule has 0 aromatic carbocycles. The second kappa shape index (κ2) is 1.25. The van der Waals surface area contributed by atoms with Gasteiger partial charge in [0.2, 0.25) is 0 Å². The Hall–Kier alpha value is -0.0800. The lowest BCUT2D eigenvalue weighted by molar-refractivity contribution is -0.859. The number of hydrogen-bond donors (Lipinski definition) is 0. The van der Waals surface area contributed by atoms with Gasteiger partial charge in [0.05, 0.1) is 19.6 Å². The molecule has 2 aliphatic rings. The van der Waals surface area contributed by atoms with E-state index in [1.165, 1.54) is 12.8 Å². The third kappa shape index (κ3) is 0.501. The highest BCUT2D eigenvalue weighted by Gasteiger charge is 2.38. The first-order valence-electron chi connectivity index (χ1n) is 3.36. The zero-order valence-electron chi connectivity index (χ0n) is 4.97. The number of piperidine rings is 1. The highest BCUT2D eigenvalue weighted by Crippen LogP contribution is 2.33. The van der Waals surface area contributed by atoms with Crippen LogP contribution in [0.2, 0.25) is 0 Å². The normalized spacial score (nSPS) is 52.9. The molecule has 2 saturated heterocycles. The first-order valence-corrected chi connectivity index (χ1v) is 3.36. The Balaban J connectivity index is 2.19. The van der Waals surface area contributed by atoms with E-state index >= 15 is 0 Å². The largest absolute Gasteiger partial charge is 0.633 e. The molecule has 0 aromatic heterocycles. The van der Waals surface area contributed by atoms with E-state index in [1.54, 1.807) is 0 Å². The maximum absolute atomic E-state index is 11.2. The zero-order chi connectivity index (χ0) is 5.61. The number of quaternary nitrogens is 1. The molecule has 0 unspecified atom stereocenters. The average Bonchev–Trinajstić information content (AvgIpc) is 2.21. The van der Waals surface area contributed by atoms with E-state index < -0.39 is 0 Å². The molecular formula is C6H11NO. The third-order valence-corrected chi connectivity index (χ3v) is 2.48. The maximum Gasteiger partial charge on any atom is 0.0816 e. The molecule has 2 aliphatic heterocycles. The van der Waals surface area contributed by atoms with Crippen molar-refractivity contribution in [2.24, 2.45) is 5.92 Å². The minimum absolute atomic E-state index is 0.144.